The first-order chi connectivity index (χ1) is 7.25. The van der Waals surface area contributed by atoms with Gasteiger partial charge in [-0.3, -0.25) is 4.79 Å². The second kappa shape index (κ2) is 3.15. The SMILES string of the molecule is [CH2]C(=O)c1cc2c(ccc3sccc32)s1. The number of carbonyl (C=O) groups excluding carboxylic acids is 1. The van der Waals surface area contributed by atoms with Gasteiger partial charge in [0.2, 0.25) is 0 Å². The maximum Gasteiger partial charge on any atom is 0.173 e. The van der Waals surface area contributed by atoms with E-state index in [2.05, 4.69) is 30.5 Å². The van der Waals surface area contributed by atoms with Crippen LogP contribution in [0.4, 0.5) is 0 Å². The van der Waals surface area contributed by atoms with Crippen molar-refractivity contribution in [2.24, 2.45) is 0 Å². The summed E-state index contributed by atoms with van der Waals surface area (Å²) in [5.41, 5.74) is 0. The summed E-state index contributed by atoms with van der Waals surface area (Å²) in [7, 11) is 0. The molecule has 73 valence electrons. The van der Waals surface area contributed by atoms with E-state index >= 15 is 0 Å². The highest BCUT2D eigenvalue weighted by molar-refractivity contribution is 7.21. The van der Waals surface area contributed by atoms with E-state index in [4.69, 9.17) is 0 Å². The zero-order valence-electron chi connectivity index (χ0n) is 7.82. The minimum atomic E-state index is -0.0976. The van der Waals surface area contributed by atoms with Gasteiger partial charge < -0.3 is 0 Å². The van der Waals surface area contributed by atoms with Gasteiger partial charge in [-0.25, -0.2) is 0 Å². The molecule has 0 fully saturated rings. The van der Waals surface area contributed by atoms with Gasteiger partial charge in [0.15, 0.2) is 5.78 Å². The van der Waals surface area contributed by atoms with Gasteiger partial charge in [-0.2, -0.15) is 0 Å². The topological polar surface area (TPSA) is 17.1 Å². The Morgan fingerprint density at radius 2 is 1.93 bits per heavy atom. The van der Waals surface area contributed by atoms with Crippen molar-refractivity contribution in [2.75, 3.05) is 0 Å². The van der Waals surface area contributed by atoms with Crippen LogP contribution in [0, 0.1) is 6.92 Å². The van der Waals surface area contributed by atoms with Crippen LogP contribution in [0.5, 0.6) is 0 Å². The van der Waals surface area contributed by atoms with Gasteiger partial charge >= 0.3 is 0 Å². The number of fused-ring (bicyclic) bond motifs is 3. The predicted molar refractivity (Wildman–Crippen MR) is 66.9 cm³/mol. The van der Waals surface area contributed by atoms with Crippen LogP contribution < -0.4 is 0 Å². The Labute approximate surface area is 95.0 Å². The Morgan fingerprint density at radius 1 is 1.13 bits per heavy atom. The first-order valence-corrected chi connectivity index (χ1v) is 6.21. The number of hydrogen-bond donors (Lipinski definition) is 0. The molecule has 0 aliphatic carbocycles. The molecule has 0 saturated heterocycles. The monoisotopic (exact) mass is 231 g/mol. The standard InChI is InChI=1S/C12H7OS2/c1-7(13)12-6-9-8-4-5-14-10(8)2-3-11(9)15-12/h2-6H,1H2. The van der Waals surface area contributed by atoms with Gasteiger partial charge in [0.25, 0.3) is 0 Å². The van der Waals surface area contributed by atoms with Crippen molar-refractivity contribution in [3.8, 4) is 0 Å². The zero-order chi connectivity index (χ0) is 10.4. The molecule has 0 aliphatic heterocycles. The van der Waals surface area contributed by atoms with E-state index in [0.29, 0.717) is 0 Å². The van der Waals surface area contributed by atoms with E-state index in [0.717, 1.165) is 9.58 Å². The highest BCUT2D eigenvalue weighted by Gasteiger charge is 2.08. The minimum Gasteiger partial charge on any atom is -0.293 e. The fourth-order valence-corrected chi connectivity index (χ4v) is 3.45. The summed E-state index contributed by atoms with van der Waals surface area (Å²) in [5, 5.41) is 4.49. The third-order valence-electron chi connectivity index (χ3n) is 2.41. The molecule has 0 atom stereocenters. The fraction of sp³-hybridized carbons (Fsp3) is 0. The quantitative estimate of drug-likeness (QED) is 0.575. The van der Waals surface area contributed by atoms with Gasteiger partial charge in [-0.05, 0) is 29.6 Å². The molecule has 2 heterocycles. The number of ketones is 1. The van der Waals surface area contributed by atoms with E-state index in [1.807, 2.05) is 6.07 Å². The summed E-state index contributed by atoms with van der Waals surface area (Å²) in [6.45, 7) is 3.45. The van der Waals surface area contributed by atoms with Crippen LogP contribution in [-0.2, 0) is 0 Å². The lowest BCUT2D eigenvalue weighted by atomic mass is 10.2. The normalized spacial score (nSPS) is 11.3. The summed E-state index contributed by atoms with van der Waals surface area (Å²) in [5.74, 6) is -0.0976. The number of hydrogen-bond acceptors (Lipinski definition) is 3. The maximum atomic E-state index is 11.2. The van der Waals surface area contributed by atoms with E-state index in [-0.39, 0.29) is 5.78 Å². The molecule has 2 aromatic heterocycles. The average molecular weight is 231 g/mol. The Bertz CT molecular complexity index is 660. The molecule has 0 N–H and O–H groups in total. The Hall–Kier alpha value is -1.19. The summed E-state index contributed by atoms with van der Waals surface area (Å²) in [4.78, 5) is 11.9. The Kier molecular flexibility index (Phi) is 1.90. The summed E-state index contributed by atoms with van der Waals surface area (Å²) < 4.78 is 2.43. The minimum absolute atomic E-state index is 0.0976. The molecule has 0 aliphatic rings. The molecule has 1 aromatic carbocycles. The Balaban J connectivity index is 2.46. The van der Waals surface area contributed by atoms with Crippen molar-refractivity contribution in [2.45, 2.75) is 0 Å². The number of benzene rings is 1. The lowest BCUT2D eigenvalue weighted by Crippen LogP contribution is -1.84. The third-order valence-corrected chi connectivity index (χ3v) is 4.43. The summed E-state index contributed by atoms with van der Waals surface area (Å²) >= 11 is 3.24. The molecule has 3 aromatic rings. The molecule has 0 unspecified atom stereocenters. The van der Waals surface area contributed by atoms with Crippen molar-refractivity contribution >= 4 is 48.6 Å². The van der Waals surface area contributed by atoms with Crippen molar-refractivity contribution in [1.82, 2.24) is 0 Å². The van der Waals surface area contributed by atoms with Crippen molar-refractivity contribution in [3.05, 3.63) is 41.4 Å². The van der Waals surface area contributed by atoms with Crippen molar-refractivity contribution < 1.29 is 4.79 Å². The van der Waals surface area contributed by atoms with Crippen LogP contribution in [0.1, 0.15) is 9.67 Å². The number of Topliss-reactive ketones (excluding diaryl/α,β-unsaturated/α-hetero) is 1. The molecule has 0 bridgehead atoms. The first kappa shape index (κ1) is 9.07. The highest BCUT2D eigenvalue weighted by Crippen LogP contribution is 2.34. The van der Waals surface area contributed by atoms with E-state index in [9.17, 15) is 4.79 Å². The van der Waals surface area contributed by atoms with Crippen molar-refractivity contribution in [3.63, 3.8) is 0 Å². The second-order valence-corrected chi connectivity index (χ2v) is 5.38. The van der Waals surface area contributed by atoms with Crippen LogP contribution in [0.15, 0.2) is 29.6 Å². The molecular weight excluding hydrogens is 224 g/mol. The lowest BCUT2D eigenvalue weighted by molar-refractivity contribution is 0.104. The van der Waals surface area contributed by atoms with Crippen LogP contribution in [0.2, 0.25) is 0 Å². The Morgan fingerprint density at radius 3 is 2.73 bits per heavy atom. The number of thiophene rings is 2. The first-order valence-electron chi connectivity index (χ1n) is 4.52. The smallest absolute Gasteiger partial charge is 0.173 e. The maximum absolute atomic E-state index is 11.2. The molecule has 3 heteroatoms. The highest BCUT2D eigenvalue weighted by atomic mass is 32.1. The van der Waals surface area contributed by atoms with E-state index < -0.39 is 0 Å². The van der Waals surface area contributed by atoms with Crippen LogP contribution in [0.3, 0.4) is 0 Å². The molecular formula is C12H7OS2. The van der Waals surface area contributed by atoms with Gasteiger partial charge in [0, 0.05) is 27.1 Å². The summed E-state index contributed by atoms with van der Waals surface area (Å²) in [6.07, 6.45) is 0. The lowest BCUT2D eigenvalue weighted by Gasteiger charge is -1.90. The fourth-order valence-electron chi connectivity index (χ4n) is 1.70. The molecule has 1 nitrogen and oxygen atoms in total. The largest absolute Gasteiger partial charge is 0.293 e. The average Bonchev–Trinajstić information content (AvgIpc) is 2.82. The molecule has 1 radical (unpaired) electrons. The number of carbonyl (C=O) groups is 1. The number of rotatable bonds is 1. The van der Waals surface area contributed by atoms with Gasteiger partial charge in [-0.15, -0.1) is 22.7 Å². The van der Waals surface area contributed by atoms with E-state index in [1.165, 1.54) is 26.8 Å². The van der Waals surface area contributed by atoms with Crippen molar-refractivity contribution in [1.29, 1.82) is 0 Å². The van der Waals surface area contributed by atoms with Crippen LogP contribution >= 0.6 is 22.7 Å². The molecule has 0 saturated carbocycles. The van der Waals surface area contributed by atoms with Gasteiger partial charge in [-0.1, -0.05) is 0 Å². The van der Waals surface area contributed by atoms with E-state index in [1.54, 1.807) is 11.3 Å². The molecule has 3 rings (SSSR count). The molecule has 15 heavy (non-hydrogen) atoms. The zero-order valence-corrected chi connectivity index (χ0v) is 9.45. The molecule has 0 amide bonds. The van der Waals surface area contributed by atoms with Gasteiger partial charge in [0.1, 0.15) is 0 Å². The third kappa shape index (κ3) is 1.31. The van der Waals surface area contributed by atoms with Gasteiger partial charge in [0.05, 0.1) is 4.88 Å². The molecule has 0 spiro atoms. The van der Waals surface area contributed by atoms with Crippen LogP contribution in [-0.4, -0.2) is 5.78 Å². The second-order valence-electron chi connectivity index (χ2n) is 3.34. The predicted octanol–water partition coefficient (Wildman–Crippen LogP) is 4.13. The van der Waals surface area contributed by atoms with Crippen LogP contribution in [0.25, 0.3) is 20.2 Å². The summed E-state index contributed by atoms with van der Waals surface area (Å²) in [6, 6.07) is 8.23.